The number of anilines is 1. The molecule has 2 N–H and O–H groups in total. The maximum atomic E-state index is 12.2. The van der Waals surface area contributed by atoms with E-state index in [9.17, 15) is 21.6 Å². The summed E-state index contributed by atoms with van der Waals surface area (Å²) in [4.78, 5) is 12.4. The number of rotatable bonds is 9. The molecule has 2 aromatic rings. The van der Waals surface area contributed by atoms with Crippen LogP contribution in [-0.4, -0.2) is 49.1 Å². The Balaban J connectivity index is 1.80. The van der Waals surface area contributed by atoms with Crippen molar-refractivity contribution >= 4 is 31.6 Å². The van der Waals surface area contributed by atoms with Crippen LogP contribution in [0.2, 0.25) is 0 Å². The third-order valence-corrected chi connectivity index (χ3v) is 6.94. The Morgan fingerprint density at radius 1 is 0.931 bits per heavy atom. The van der Waals surface area contributed by atoms with Crippen molar-refractivity contribution in [2.45, 2.75) is 18.2 Å². The highest BCUT2D eigenvalue weighted by atomic mass is 32.2. The van der Waals surface area contributed by atoms with Crippen LogP contribution in [0.5, 0.6) is 0 Å². The third-order valence-electron chi connectivity index (χ3n) is 4.25. The summed E-state index contributed by atoms with van der Waals surface area (Å²) in [6, 6.07) is 12.7. The highest BCUT2D eigenvalue weighted by Gasteiger charge is 2.14. The van der Waals surface area contributed by atoms with E-state index in [0.29, 0.717) is 24.2 Å². The molecule has 0 spiro atoms. The van der Waals surface area contributed by atoms with Crippen LogP contribution >= 0.6 is 0 Å². The zero-order valence-electron chi connectivity index (χ0n) is 16.5. The van der Waals surface area contributed by atoms with Crippen LogP contribution in [0.25, 0.3) is 0 Å². The van der Waals surface area contributed by atoms with E-state index in [1.54, 1.807) is 36.4 Å². The monoisotopic (exact) mass is 439 g/mol. The zero-order valence-corrected chi connectivity index (χ0v) is 18.2. The number of amides is 1. The summed E-state index contributed by atoms with van der Waals surface area (Å²) in [5, 5.41) is 2.71. The van der Waals surface area contributed by atoms with Gasteiger partial charge in [-0.3, -0.25) is 9.10 Å². The van der Waals surface area contributed by atoms with Gasteiger partial charge in [0.1, 0.15) is 0 Å². The van der Waals surface area contributed by atoms with E-state index in [1.807, 2.05) is 6.92 Å². The molecule has 0 fully saturated rings. The van der Waals surface area contributed by atoms with Gasteiger partial charge >= 0.3 is 0 Å². The molecule has 0 aliphatic rings. The quantitative estimate of drug-likeness (QED) is 0.575. The van der Waals surface area contributed by atoms with E-state index in [2.05, 4.69) is 10.0 Å². The molecule has 1 amide bonds. The number of hydrogen-bond donors (Lipinski definition) is 2. The fourth-order valence-electron chi connectivity index (χ4n) is 2.41. The highest BCUT2D eigenvalue weighted by Crippen LogP contribution is 2.16. The molecule has 0 radical (unpaired) electrons. The molecule has 2 rings (SSSR count). The number of nitrogens with zero attached hydrogens (tertiary/aromatic N) is 1. The van der Waals surface area contributed by atoms with Gasteiger partial charge in [-0.2, -0.15) is 0 Å². The molecule has 10 heteroatoms. The third kappa shape index (κ3) is 6.55. The number of sulfonamides is 2. The van der Waals surface area contributed by atoms with Crippen molar-refractivity contribution < 1.29 is 21.6 Å². The predicted molar refractivity (Wildman–Crippen MR) is 113 cm³/mol. The molecule has 29 heavy (non-hydrogen) atoms. The molecule has 2 aromatic carbocycles. The van der Waals surface area contributed by atoms with Gasteiger partial charge in [-0.15, -0.1) is 0 Å². The van der Waals surface area contributed by atoms with Gasteiger partial charge in [0.25, 0.3) is 5.91 Å². The van der Waals surface area contributed by atoms with Gasteiger partial charge in [0.2, 0.25) is 20.0 Å². The minimum atomic E-state index is -3.57. The average Bonchev–Trinajstić information content (AvgIpc) is 2.66. The van der Waals surface area contributed by atoms with Crippen LogP contribution in [0, 0.1) is 6.92 Å². The van der Waals surface area contributed by atoms with Crippen LogP contribution in [0.4, 0.5) is 5.69 Å². The molecule has 158 valence electrons. The normalized spacial score (nSPS) is 11.8. The number of aryl methyl sites for hydroxylation is 1. The first-order chi connectivity index (χ1) is 13.5. The summed E-state index contributed by atoms with van der Waals surface area (Å²) >= 11 is 0. The fraction of sp³-hybridized carbons (Fsp3) is 0.316. The lowest BCUT2D eigenvalue weighted by Gasteiger charge is -2.16. The van der Waals surface area contributed by atoms with Gasteiger partial charge in [0, 0.05) is 25.7 Å². The fourth-order valence-corrected chi connectivity index (χ4v) is 3.99. The van der Waals surface area contributed by atoms with Gasteiger partial charge in [0.15, 0.2) is 0 Å². The Morgan fingerprint density at radius 3 is 2.07 bits per heavy atom. The van der Waals surface area contributed by atoms with Crippen LogP contribution in [0.15, 0.2) is 53.4 Å². The van der Waals surface area contributed by atoms with Crippen LogP contribution < -0.4 is 14.3 Å². The van der Waals surface area contributed by atoms with Gasteiger partial charge in [-0.1, -0.05) is 17.7 Å². The largest absolute Gasteiger partial charge is 0.352 e. The Kier molecular flexibility index (Phi) is 7.39. The Morgan fingerprint density at radius 2 is 1.52 bits per heavy atom. The molecule has 0 saturated heterocycles. The lowest BCUT2D eigenvalue weighted by atomic mass is 10.2. The summed E-state index contributed by atoms with van der Waals surface area (Å²) in [5.74, 6) is -0.319. The van der Waals surface area contributed by atoms with Crippen LogP contribution in [0.1, 0.15) is 22.3 Å². The van der Waals surface area contributed by atoms with E-state index in [4.69, 9.17) is 0 Å². The number of carbonyl (C=O) groups is 1. The zero-order chi connectivity index (χ0) is 21.7. The second kappa shape index (κ2) is 9.38. The molecule has 0 saturated carbocycles. The first-order valence-corrected chi connectivity index (χ1v) is 12.2. The molecular formula is C19H25N3O5S2. The number of hydrogen-bond acceptors (Lipinski definition) is 5. The van der Waals surface area contributed by atoms with Gasteiger partial charge < -0.3 is 5.32 Å². The standard InChI is InChI=1S/C19H25N3O5S2/c1-15-5-11-18(12-6-15)29(26,27)21-14-4-13-20-19(23)16-7-9-17(10-8-16)22(2)28(3,24)25/h5-12,21H,4,13-14H2,1-3H3,(H,20,23). The number of carbonyl (C=O) groups excluding carboxylic acids is 1. The maximum Gasteiger partial charge on any atom is 0.251 e. The molecule has 0 bridgehead atoms. The molecule has 0 aliphatic heterocycles. The van der Waals surface area contributed by atoms with Crippen LogP contribution in [0.3, 0.4) is 0 Å². The second-order valence-electron chi connectivity index (χ2n) is 6.60. The van der Waals surface area contributed by atoms with E-state index < -0.39 is 20.0 Å². The first kappa shape index (κ1) is 22.9. The van der Waals surface area contributed by atoms with Crippen molar-refractivity contribution in [2.24, 2.45) is 0 Å². The van der Waals surface area contributed by atoms with Crippen molar-refractivity contribution in [3.63, 3.8) is 0 Å². The minimum Gasteiger partial charge on any atom is -0.352 e. The summed E-state index contributed by atoms with van der Waals surface area (Å²) in [5.41, 5.74) is 1.81. The van der Waals surface area contributed by atoms with Crippen molar-refractivity contribution in [3.05, 3.63) is 59.7 Å². The van der Waals surface area contributed by atoms with E-state index in [-0.39, 0.29) is 17.3 Å². The Bertz CT molecular complexity index is 1050. The Hall–Kier alpha value is -2.43. The van der Waals surface area contributed by atoms with Crippen molar-refractivity contribution in [1.82, 2.24) is 10.0 Å². The lowest BCUT2D eigenvalue weighted by Crippen LogP contribution is -2.30. The second-order valence-corrected chi connectivity index (χ2v) is 10.4. The number of nitrogens with one attached hydrogen (secondary N) is 2. The smallest absolute Gasteiger partial charge is 0.251 e. The van der Waals surface area contributed by atoms with E-state index in [1.165, 1.54) is 19.2 Å². The first-order valence-electron chi connectivity index (χ1n) is 8.89. The summed E-state index contributed by atoms with van der Waals surface area (Å²) < 4.78 is 51.0. The number of benzene rings is 2. The molecule has 0 atom stereocenters. The summed E-state index contributed by atoms with van der Waals surface area (Å²) in [6.07, 6.45) is 1.52. The summed E-state index contributed by atoms with van der Waals surface area (Å²) in [6.45, 7) is 2.36. The van der Waals surface area contributed by atoms with Gasteiger partial charge in [-0.05, 0) is 49.7 Å². The molecule has 0 unspecified atom stereocenters. The SMILES string of the molecule is Cc1ccc(S(=O)(=O)NCCCNC(=O)c2ccc(N(C)S(C)(=O)=O)cc2)cc1. The lowest BCUT2D eigenvalue weighted by molar-refractivity contribution is 0.0953. The van der Waals surface area contributed by atoms with Crippen molar-refractivity contribution in [1.29, 1.82) is 0 Å². The molecule has 0 heterocycles. The summed E-state index contributed by atoms with van der Waals surface area (Å²) in [7, 11) is -5.51. The van der Waals surface area contributed by atoms with Gasteiger partial charge in [0.05, 0.1) is 16.8 Å². The highest BCUT2D eigenvalue weighted by molar-refractivity contribution is 7.92. The predicted octanol–water partition coefficient (Wildman–Crippen LogP) is 1.49. The maximum absolute atomic E-state index is 12.2. The van der Waals surface area contributed by atoms with Gasteiger partial charge in [-0.25, -0.2) is 21.6 Å². The van der Waals surface area contributed by atoms with E-state index in [0.717, 1.165) is 16.1 Å². The molecular weight excluding hydrogens is 414 g/mol. The minimum absolute atomic E-state index is 0.189. The van der Waals surface area contributed by atoms with Crippen LogP contribution in [-0.2, 0) is 20.0 Å². The van der Waals surface area contributed by atoms with Crippen molar-refractivity contribution in [3.8, 4) is 0 Å². The average molecular weight is 440 g/mol. The molecule has 0 aliphatic carbocycles. The topological polar surface area (TPSA) is 113 Å². The van der Waals surface area contributed by atoms with E-state index >= 15 is 0 Å². The van der Waals surface area contributed by atoms with Crippen molar-refractivity contribution in [2.75, 3.05) is 30.7 Å². The Labute approximate surface area is 172 Å². The molecule has 8 nitrogen and oxygen atoms in total. The molecule has 0 aromatic heterocycles.